The summed E-state index contributed by atoms with van der Waals surface area (Å²) in [5, 5.41) is 0.717. The fraction of sp³-hybridized carbons (Fsp3) is 0.579. The standard InChI is InChI=1S/C19H28ClNO3/c1-14(2)12-21(13-15(3)19(23)24-4)18(22)7-5-6-16-8-10-17(20)11-9-16/h8-11,14-15H,5-7,12-13H2,1-4H3. The number of carbonyl (C=O) groups excluding carboxylic acids is 2. The summed E-state index contributed by atoms with van der Waals surface area (Å²) in [5.41, 5.74) is 1.17. The monoisotopic (exact) mass is 353 g/mol. The van der Waals surface area contributed by atoms with Crippen LogP contribution in [0.5, 0.6) is 0 Å². The molecule has 1 amide bonds. The zero-order chi connectivity index (χ0) is 18.1. The summed E-state index contributed by atoms with van der Waals surface area (Å²) in [6.07, 6.45) is 2.09. The van der Waals surface area contributed by atoms with Gasteiger partial charge in [-0.05, 0) is 36.5 Å². The molecule has 0 aromatic heterocycles. The Morgan fingerprint density at radius 2 is 1.75 bits per heavy atom. The van der Waals surface area contributed by atoms with Gasteiger partial charge >= 0.3 is 5.97 Å². The molecule has 1 aromatic carbocycles. The van der Waals surface area contributed by atoms with Gasteiger partial charge in [0, 0.05) is 24.5 Å². The van der Waals surface area contributed by atoms with E-state index in [0.717, 1.165) is 17.9 Å². The van der Waals surface area contributed by atoms with Crippen LogP contribution < -0.4 is 0 Å². The predicted molar refractivity (Wildman–Crippen MR) is 97.0 cm³/mol. The van der Waals surface area contributed by atoms with Gasteiger partial charge in [0.25, 0.3) is 0 Å². The van der Waals surface area contributed by atoms with Crippen LogP contribution >= 0.6 is 11.6 Å². The molecule has 0 heterocycles. The summed E-state index contributed by atoms with van der Waals surface area (Å²) in [6, 6.07) is 7.69. The van der Waals surface area contributed by atoms with Gasteiger partial charge < -0.3 is 9.64 Å². The van der Waals surface area contributed by atoms with Crippen molar-refractivity contribution < 1.29 is 14.3 Å². The first kappa shape index (κ1) is 20.5. The Balaban J connectivity index is 2.54. The highest BCUT2D eigenvalue weighted by atomic mass is 35.5. The van der Waals surface area contributed by atoms with E-state index < -0.39 is 0 Å². The molecule has 0 fully saturated rings. The maximum atomic E-state index is 12.5. The van der Waals surface area contributed by atoms with E-state index in [1.165, 1.54) is 12.7 Å². The number of esters is 1. The number of ether oxygens (including phenoxy) is 1. The summed E-state index contributed by atoms with van der Waals surface area (Å²) >= 11 is 5.87. The Morgan fingerprint density at radius 1 is 1.12 bits per heavy atom. The average Bonchev–Trinajstić information content (AvgIpc) is 2.54. The predicted octanol–water partition coefficient (Wildman–Crippen LogP) is 3.96. The molecule has 4 nitrogen and oxygen atoms in total. The average molecular weight is 354 g/mol. The van der Waals surface area contributed by atoms with E-state index in [-0.39, 0.29) is 17.8 Å². The van der Waals surface area contributed by atoms with Crippen LogP contribution in [-0.2, 0) is 20.7 Å². The normalized spacial score (nSPS) is 12.1. The van der Waals surface area contributed by atoms with Crippen molar-refractivity contribution in [3.8, 4) is 0 Å². The molecule has 0 spiro atoms. The minimum Gasteiger partial charge on any atom is -0.469 e. The number of amides is 1. The fourth-order valence-corrected chi connectivity index (χ4v) is 2.70. The van der Waals surface area contributed by atoms with Gasteiger partial charge in [-0.3, -0.25) is 9.59 Å². The molecule has 134 valence electrons. The van der Waals surface area contributed by atoms with Gasteiger partial charge in [0.05, 0.1) is 13.0 Å². The van der Waals surface area contributed by atoms with E-state index in [1.807, 2.05) is 24.3 Å². The van der Waals surface area contributed by atoms with E-state index in [2.05, 4.69) is 13.8 Å². The number of carbonyl (C=O) groups is 2. The van der Waals surface area contributed by atoms with Crippen molar-refractivity contribution in [1.82, 2.24) is 4.90 Å². The SMILES string of the molecule is COC(=O)C(C)CN(CC(C)C)C(=O)CCCc1ccc(Cl)cc1. The third-order valence-electron chi connectivity index (χ3n) is 3.81. The highest BCUT2D eigenvalue weighted by molar-refractivity contribution is 6.30. The lowest BCUT2D eigenvalue weighted by molar-refractivity contribution is -0.146. The Bertz CT molecular complexity index is 528. The van der Waals surface area contributed by atoms with Crippen LogP contribution in [0.25, 0.3) is 0 Å². The fourth-order valence-electron chi connectivity index (χ4n) is 2.58. The molecule has 0 bridgehead atoms. The number of aryl methyl sites for hydroxylation is 1. The van der Waals surface area contributed by atoms with Crippen molar-refractivity contribution in [2.75, 3.05) is 20.2 Å². The van der Waals surface area contributed by atoms with Crippen molar-refractivity contribution in [3.63, 3.8) is 0 Å². The second-order valence-electron chi connectivity index (χ2n) is 6.60. The molecule has 0 aliphatic rings. The molecular formula is C19H28ClNO3. The summed E-state index contributed by atoms with van der Waals surface area (Å²) < 4.78 is 4.76. The van der Waals surface area contributed by atoms with Crippen molar-refractivity contribution in [1.29, 1.82) is 0 Å². The van der Waals surface area contributed by atoms with Crippen molar-refractivity contribution in [3.05, 3.63) is 34.9 Å². The van der Waals surface area contributed by atoms with Gasteiger partial charge in [-0.15, -0.1) is 0 Å². The third kappa shape index (κ3) is 7.35. The lowest BCUT2D eigenvalue weighted by atomic mass is 10.1. The molecule has 0 aliphatic heterocycles. The quantitative estimate of drug-likeness (QED) is 0.631. The first-order valence-electron chi connectivity index (χ1n) is 8.43. The third-order valence-corrected chi connectivity index (χ3v) is 4.06. The van der Waals surface area contributed by atoms with E-state index in [0.29, 0.717) is 25.4 Å². The molecule has 0 saturated heterocycles. The highest BCUT2D eigenvalue weighted by Crippen LogP contribution is 2.13. The van der Waals surface area contributed by atoms with Crippen LogP contribution in [0.3, 0.4) is 0 Å². The summed E-state index contributed by atoms with van der Waals surface area (Å²) in [5.74, 6) is -0.143. The second kappa shape index (κ2) is 10.3. The lowest BCUT2D eigenvalue weighted by Crippen LogP contribution is -2.39. The number of rotatable bonds is 9. The number of halogens is 1. The minimum absolute atomic E-state index is 0.0911. The Hall–Kier alpha value is -1.55. The summed E-state index contributed by atoms with van der Waals surface area (Å²) in [7, 11) is 1.37. The molecule has 1 unspecified atom stereocenters. The molecule has 24 heavy (non-hydrogen) atoms. The molecule has 1 rings (SSSR count). The van der Waals surface area contributed by atoms with Gasteiger partial charge in [-0.1, -0.05) is 44.5 Å². The van der Waals surface area contributed by atoms with Crippen LogP contribution in [0.2, 0.25) is 5.02 Å². The number of hydrogen-bond acceptors (Lipinski definition) is 3. The van der Waals surface area contributed by atoms with Crippen molar-refractivity contribution >= 4 is 23.5 Å². The number of benzene rings is 1. The number of nitrogens with zero attached hydrogens (tertiary/aromatic N) is 1. The van der Waals surface area contributed by atoms with Crippen LogP contribution in [0.1, 0.15) is 39.2 Å². The lowest BCUT2D eigenvalue weighted by Gasteiger charge is -2.27. The van der Waals surface area contributed by atoms with Gasteiger partial charge in [-0.25, -0.2) is 0 Å². The van der Waals surface area contributed by atoms with Crippen LogP contribution in [0.15, 0.2) is 24.3 Å². The van der Waals surface area contributed by atoms with Gasteiger partial charge in [0.15, 0.2) is 0 Å². The maximum absolute atomic E-state index is 12.5. The zero-order valence-electron chi connectivity index (χ0n) is 15.0. The first-order valence-corrected chi connectivity index (χ1v) is 8.81. The Kier molecular flexibility index (Phi) is 8.83. The summed E-state index contributed by atoms with van der Waals surface area (Å²) in [4.78, 5) is 25.9. The largest absolute Gasteiger partial charge is 0.469 e. The molecular weight excluding hydrogens is 326 g/mol. The molecule has 5 heteroatoms. The molecule has 0 radical (unpaired) electrons. The summed E-state index contributed by atoms with van der Waals surface area (Å²) in [6.45, 7) is 6.99. The van der Waals surface area contributed by atoms with Crippen molar-refractivity contribution in [2.45, 2.75) is 40.0 Å². The Labute approximate surface area is 150 Å². The van der Waals surface area contributed by atoms with Crippen LogP contribution in [0, 0.1) is 11.8 Å². The van der Waals surface area contributed by atoms with Gasteiger partial charge in [-0.2, -0.15) is 0 Å². The smallest absolute Gasteiger partial charge is 0.310 e. The molecule has 1 atom stereocenters. The number of hydrogen-bond donors (Lipinski definition) is 0. The second-order valence-corrected chi connectivity index (χ2v) is 7.03. The van der Waals surface area contributed by atoms with E-state index in [1.54, 1.807) is 11.8 Å². The van der Waals surface area contributed by atoms with Gasteiger partial charge in [0.1, 0.15) is 0 Å². The van der Waals surface area contributed by atoms with Gasteiger partial charge in [0.2, 0.25) is 5.91 Å². The maximum Gasteiger partial charge on any atom is 0.310 e. The number of methoxy groups -OCH3 is 1. The first-order chi connectivity index (χ1) is 11.3. The molecule has 1 aromatic rings. The van der Waals surface area contributed by atoms with Crippen LogP contribution in [0.4, 0.5) is 0 Å². The zero-order valence-corrected chi connectivity index (χ0v) is 15.8. The van der Waals surface area contributed by atoms with E-state index in [4.69, 9.17) is 16.3 Å². The highest BCUT2D eigenvalue weighted by Gasteiger charge is 2.21. The minimum atomic E-state index is -0.311. The molecule has 0 N–H and O–H groups in total. The molecule has 0 aliphatic carbocycles. The molecule has 0 saturated carbocycles. The van der Waals surface area contributed by atoms with Crippen LogP contribution in [-0.4, -0.2) is 37.0 Å². The van der Waals surface area contributed by atoms with Crippen molar-refractivity contribution in [2.24, 2.45) is 11.8 Å². The Morgan fingerprint density at radius 3 is 2.29 bits per heavy atom. The van der Waals surface area contributed by atoms with E-state index in [9.17, 15) is 9.59 Å². The topological polar surface area (TPSA) is 46.6 Å². The van der Waals surface area contributed by atoms with E-state index >= 15 is 0 Å².